The first-order valence-electron chi connectivity index (χ1n) is 7.94. The molecule has 0 aliphatic rings. The predicted molar refractivity (Wildman–Crippen MR) is 99.7 cm³/mol. The molecule has 2 aromatic rings. The highest BCUT2D eigenvalue weighted by atomic mass is 35.5. The molecule has 0 atom stereocenters. The van der Waals surface area contributed by atoms with Crippen LogP contribution in [-0.2, 0) is 16.6 Å². The van der Waals surface area contributed by atoms with Gasteiger partial charge >= 0.3 is 0 Å². The zero-order valence-corrected chi connectivity index (χ0v) is 15.8. The SMILES string of the molecule is Cc1ccc(C)c(OCC(=O)NNC(=O)/C=C/c2c(C)nn(C)c2Cl)c1. The van der Waals surface area contributed by atoms with E-state index in [1.165, 1.54) is 10.8 Å². The van der Waals surface area contributed by atoms with Crippen LogP contribution in [0, 0.1) is 20.8 Å². The van der Waals surface area contributed by atoms with E-state index in [2.05, 4.69) is 16.0 Å². The summed E-state index contributed by atoms with van der Waals surface area (Å²) in [7, 11) is 1.71. The topological polar surface area (TPSA) is 85.2 Å². The van der Waals surface area contributed by atoms with Crippen molar-refractivity contribution >= 4 is 29.5 Å². The van der Waals surface area contributed by atoms with Gasteiger partial charge in [0.1, 0.15) is 10.9 Å². The zero-order valence-electron chi connectivity index (χ0n) is 15.1. The number of carbonyl (C=O) groups is 2. The first kappa shape index (κ1) is 19.5. The Morgan fingerprint density at radius 2 is 2.00 bits per heavy atom. The minimum Gasteiger partial charge on any atom is -0.483 e. The summed E-state index contributed by atoms with van der Waals surface area (Å²) >= 11 is 6.08. The number of halogens is 1. The van der Waals surface area contributed by atoms with E-state index < -0.39 is 11.8 Å². The summed E-state index contributed by atoms with van der Waals surface area (Å²) in [5.74, 6) is -0.333. The fourth-order valence-corrected chi connectivity index (χ4v) is 2.45. The van der Waals surface area contributed by atoms with Gasteiger partial charge in [0.25, 0.3) is 11.8 Å². The molecule has 0 unspecified atom stereocenters. The standard InChI is InChI=1S/C18H21ClN4O3/c1-11-5-6-12(2)15(9-11)26-10-17(25)21-20-16(24)8-7-14-13(3)22-23(4)18(14)19/h5-9H,10H2,1-4H3,(H,20,24)(H,21,25)/b8-7+. The Hall–Kier alpha value is -2.80. The summed E-state index contributed by atoms with van der Waals surface area (Å²) in [6.07, 6.45) is 2.81. The molecular weight excluding hydrogens is 356 g/mol. The van der Waals surface area contributed by atoms with Crippen molar-refractivity contribution in [2.24, 2.45) is 7.05 Å². The molecule has 8 heteroatoms. The molecule has 2 rings (SSSR count). The first-order chi connectivity index (χ1) is 12.3. The molecule has 2 amide bonds. The summed E-state index contributed by atoms with van der Waals surface area (Å²) in [5, 5.41) is 4.57. The lowest BCUT2D eigenvalue weighted by Gasteiger charge is -2.10. The molecule has 26 heavy (non-hydrogen) atoms. The monoisotopic (exact) mass is 376 g/mol. The van der Waals surface area contributed by atoms with Crippen LogP contribution >= 0.6 is 11.6 Å². The molecule has 1 heterocycles. The summed E-state index contributed by atoms with van der Waals surface area (Å²) < 4.78 is 6.98. The third kappa shape index (κ3) is 5.10. The van der Waals surface area contributed by atoms with Crippen molar-refractivity contribution in [2.75, 3.05) is 6.61 Å². The zero-order chi connectivity index (χ0) is 19.3. The number of benzene rings is 1. The average Bonchev–Trinajstić information content (AvgIpc) is 2.84. The molecule has 7 nitrogen and oxygen atoms in total. The lowest BCUT2D eigenvalue weighted by Crippen LogP contribution is -2.43. The molecule has 0 aliphatic heterocycles. The van der Waals surface area contributed by atoms with E-state index in [4.69, 9.17) is 16.3 Å². The Balaban J connectivity index is 1.82. The van der Waals surface area contributed by atoms with E-state index >= 15 is 0 Å². The third-order valence-corrected chi connectivity index (χ3v) is 4.07. The van der Waals surface area contributed by atoms with E-state index in [1.807, 2.05) is 32.0 Å². The summed E-state index contributed by atoms with van der Waals surface area (Å²) in [6.45, 7) is 5.41. The number of hydrazine groups is 1. The van der Waals surface area contributed by atoms with Crippen LogP contribution in [0.4, 0.5) is 0 Å². The van der Waals surface area contributed by atoms with Crippen LogP contribution in [0.2, 0.25) is 5.15 Å². The molecule has 0 saturated carbocycles. The number of rotatable bonds is 5. The molecule has 1 aromatic carbocycles. The van der Waals surface area contributed by atoms with Crippen molar-refractivity contribution < 1.29 is 14.3 Å². The normalized spacial score (nSPS) is 10.8. The highest BCUT2D eigenvalue weighted by molar-refractivity contribution is 6.31. The quantitative estimate of drug-likeness (QED) is 0.619. The number of nitrogens with zero attached hydrogens (tertiary/aromatic N) is 2. The fraction of sp³-hybridized carbons (Fsp3) is 0.278. The van der Waals surface area contributed by atoms with Gasteiger partial charge in [0.15, 0.2) is 6.61 Å². The van der Waals surface area contributed by atoms with Gasteiger partial charge in [0, 0.05) is 18.7 Å². The van der Waals surface area contributed by atoms with Gasteiger partial charge in [-0.25, -0.2) is 0 Å². The average molecular weight is 377 g/mol. The number of aryl methyl sites for hydroxylation is 4. The summed E-state index contributed by atoms with van der Waals surface area (Å²) in [4.78, 5) is 23.6. The van der Waals surface area contributed by atoms with Gasteiger partial charge in [-0.15, -0.1) is 0 Å². The number of hydrogen-bond donors (Lipinski definition) is 2. The Morgan fingerprint density at radius 3 is 2.65 bits per heavy atom. The molecule has 0 fully saturated rings. The van der Waals surface area contributed by atoms with Crippen molar-refractivity contribution in [3.05, 3.63) is 51.8 Å². The van der Waals surface area contributed by atoms with Crippen LogP contribution in [0.5, 0.6) is 5.75 Å². The van der Waals surface area contributed by atoms with Gasteiger partial charge < -0.3 is 4.74 Å². The Kier molecular flexibility index (Phi) is 6.41. The molecule has 0 radical (unpaired) electrons. The lowest BCUT2D eigenvalue weighted by atomic mass is 10.1. The number of nitrogens with one attached hydrogen (secondary N) is 2. The van der Waals surface area contributed by atoms with Crippen molar-refractivity contribution in [3.63, 3.8) is 0 Å². The van der Waals surface area contributed by atoms with E-state index in [-0.39, 0.29) is 6.61 Å². The van der Waals surface area contributed by atoms with E-state index in [9.17, 15) is 9.59 Å². The fourth-order valence-electron chi connectivity index (χ4n) is 2.21. The molecular formula is C18H21ClN4O3. The van der Waals surface area contributed by atoms with Crippen LogP contribution in [0.3, 0.4) is 0 Å². The molecule has 1 aromatic heterocycles. The third-order valence-electron chi connectivity index (χ3n) is 3.63. The van der Waals surface area contributed by atoms with Crippen LogP contribution in [0.15, 0.2) is 24.3 Å². The van der Waals surface area contributed by atoms with Gasteiger partial charge in [-0.3, -0.25) is 25.1 Å². The van der Waals surface area contributed by atoms with Crippen LogP contribution in [-0.4, -0.2) is 28.2 Å². The largest absolute Gasteiger partial charge is 0.483 e. The predicted octanol–water partition coefficient (Wildman–Crippen LogP) is 2.24. The van der Waals surface area contributed by atoms with E-state index in [0.717, 1.165) is 11.1 Å². The lowest BCUT2D eigenvalue weighted by molar-refractivity contribution is -0.128. The summed E-state index contributed by atoms with van der Waals surface area (Å²) in [5.41, 5.74) is 7.89. The van der Waals surface area contributed by atoms with E-state index in [1.54, 1.807) is 20.0 Å². The number of amides is 2. The first-order valence-corrected chi connectivity index (χ1v) is 8.31. The van der Waals surface area contributed by atoms with Crippen molar-refractivity contribution in [3.8, 4) is 5.75 Å². The second-order valence-electron chi connectivity index (χ2n) is 5.84. The Labute approximate surface area is 157 Å². The van der Waals surface area contributed by atoms with Gasteiger partial charge in [0.05, 0.1) is 5.69 Å². The molecule has 0 bridgehead atoms. The molecule has 2 N–H and O–H groups in total. The number of aromatic nitrogens is 2. The Morgan fingerprint density at radius 1 is 1.27 bits per heavy atom. The van der Waals surface area contributed by atoms with Crippen LogP contribution in [0.1, 0.15) is 22.4 Å². The van der Waals surface area contributed by atoms with Gasteiger partial charge in [-0.2, -0.15) is 5.10 Å². The van der Waals surface area contributed by atoms with Crippen molar-refractivity contribution in [2.45, 2.75) is 20.8 Å². The molecule has 0 spiro atoms. The van der Waals surface area contributed by atoms with Gasteiger partial charge in [-0.1, -0.05) is 23.7 Å². The molecule has 138 valence electrons. The second-order valence-corrected chi connectivity index (χ2v) is 6.20. The highest BCUT2D eigenvalue weighted by Gasteiger charge is 2.09. The highest BCUT2D eigenvalue weighted by Crippen LogP contribution is 2.20. The minimum absolute atomic E-state index is 0.207. The molecule has 0 aliphatic carbocycles. The maximum atomic E-state index is 11.8. The van der Waals surface area contributed by atoms with E-state index in [0.29, 0.717) is 22.2 Å². The maximum absolute atomic E-state index is 11.8. The summed E-state index contributed by atoms with van der Waals surface area (Å²) in [6, 6.07) is 5.73. The minimum atomic E-state index is -0.496. The number of ether oxygens (including phenoxy) is 1. The number of carbonyl (C=O) groups excluding carboxylic acids is 2. The number of hydrogen-bond acceptors (Lipinski definition) is 4. The Bertz CT molecular complexity index is 858. The van der Waals surface area contributed by atoms with Crippen LogP contribution in [0.25, 0.3) is 6.08 Å². The van der Waals surface area contributed by atoms with Crippen molar-refractivity contribution in [1.82, 2.24) is 20.6 Å². The molecule has 0 saturated heterocycles. The van der Waals surface area contributed by atoms with Gasteiger partial charge in [-0.05, 0) is 44.0 Å². The second kappa shape index (κ2) is 8.53. The van der Waals surface area contributed by atoms with Gasteiger partial charge in [0.2, 0.25) is 0 Å². The van der Waals surface area contributed by atoms with Crippen LogP contribution < -0.4 is 15.6 Å². The van der Waals surface area contributed by atoms with Crippen molar-refractivity contribution in [1.29, 1.82) is 0 Å². The maximum Gasteiger partial charge on any atom is 0.276 e. The smallest absolute Gasteiger partial charge is 0.276 e.